The van der Waals surface area contributed by atoms with Gasteiger partial charge in [0.15, 0.2) is 23.0 Å². The van der Waals surface area contributed by atoms with Gasteiger partial charge < -0.3 is 85.0 Å². The highest BCUT2D eigenvalue weighted by Crippen LogP contribution is 2.43. The van der Waals surface area contributed by atoms with E-state index in [0.29, 0.717) is 5.56 Å². The van der Waals surface area contributed by atoms with Crippen LogP contribution in [-0.4, -0.2) is 142 Å². The average Bonchev–Trinajstić information content (AvgIpc) is 3.16. The van der Waals surface area contributed by atoms with Crippen LogP contribution in [0.15, 0.2) is 65.1 Å². The first-order valence-corrected chi connectivity index (χ1v) is 16.5. The first kappa shape index (κ1) is 39.2. The molecule has 6 rings (SSSR count). The largest absolute Gasteiger partial charge is 0.507 e. The third kappa shape index (κ3) is 8.29. The van der Waals surface area contributed by atoms with Crippen molar-refractivity contribution in [2.75, 3.05) is 13.2 Å². The summed E-state index contributed by atoms with van der Waals surface area (Å²) >= 11 is 0. The lowest BCUT2D eigenvalue weighted by molar-refractivity contribution is -0.278. The molecule has 0 aliphatic carbocycles. The molecule has 10 atom stereocenters. The van der Waals surface area contributed by atoms with Crippen molar-refractivity contribution in [3.63, 3.8) is 0 Å². The zero-order valence-electron chi connectivity index (χ0n) is 28.3. The van der Waals surface area contributed by atoms with Gasteiger partial charge in [-0.25, -0.2) is 9.21 Å². The second-order valence-corrected chi connectivity index (χ2v) is 12.7. The van der Waals surface area contributed by atoms with Crippen LogP contribution in [0, 0.1) is 0 Å². The Kier molecular flexibility index (Phi) is 11.5. The number of benzene rings is 3. The number of aromatic hydroxyl groups is 5. The van der Waals surface area contributed by atoms with Crippen LogP contribution in [0.1, 0.15) is 5.56 Å². The highest BCUT2D eigenvalue weighted by molar-refractivity contribution is 5.89. The Morgan fingerprint density at radius 2 is 1.27 bits per heavy atom. The van der Waals surface area contributed by atoms with Gasteiger partial charge in [0, 0.05) is 24.3 Å². The lowest BCUT2D eigenvalue weighted by atomic mass is 9.99. The molecule has 4 aromatic rings. The van der Waals surface area contributed by atoms with E-state index in [9.17, 15) is 66.1 Å². The maximum Gasteiger partial charge on any atom is 0.402 e. The van der Waals surface area contributed by atoms with Gasteiger partial charge in [-0.15, -0.1) is 0 Å². The fraction of sp³-hybridized carbons (Fsp3) is 0.333. The summed E-state index contributed by atoms with van der Waals surface area (Å²) in [5.74, 6) is -3.99. The fourth-order valence-electron chi connectivity index (χ4n) is 5.81. The number of ether oxygens (including phenoxy) is 5. The fourth-order valence-corrected chi connectivity index (χ4v) is 5.81. The molecule has 12 N–H and O–H groups in total. The lowest BCUT2D eigenvalue weighted by Crippen LogP contribution is -2.60. The number of rotatable bonds is 10. The molecular weight excluding hydrogens is 736 g/mol. The SMILES string of the molecule is O=C(/C=C/c1ccc(O)c(O)c1)OCC1O[C@@H](Oc2cc3c(O[C@@H]4OC(CO)[C@@H](O)[C@H](O)C4O)cc(O)cc3[o+]c2-c2ccc(O)c(O)c2)C(O)C(O)[C@@H]1O. The molecule has 2 aliphatic heterocycles. The summed E-state index contributed by atoms with van der Waals surface area (Å²) in [5.41, 5.74) is 0.288. The van der Waals surface area contributed by atoms with Crippen molar-refractivity contribution in [1.82, 2.24) is 0 Å². The van der Waals surface area contributed by atoms with E-state index in [-0.39, 0.29) is 39.5 Å². The zero-order valence-corrected chi connectivity index (χ0v) is 28.3. The average molecular weight is 774 g/mol. The number of fused-ring (bicyclic) bond motifs is 1. The molecule has 55 heavy (non-hydrogen) atoms. The Morgan fingerprint density at radius 3 is 1.91 bits per heavy atom. The van der Waals surface area contributed by atoms with E-state index in [1.165, 1.54) is 36.4 Å². The summed E-state index contributed by atoms with van der Waals surface area (Å²) in [5, 5.41) is 123. The lowest BCUT2D eigenvalue weighted by Gasteiger charge is -2.39. The summed E-state index contributed by atoms with van der Waals surface area (Å²) in [4.78, 5) is 12.5. The number of hydrogen-bond acceptors (Lipinski definition) is 18. The summed E-state index contributed by atoms with van der Waals surface area (Å²) in [6.45, 7) is -1.42. The minimum atomic E-state index is -1.94. The van der Waals surface area contributed by atoms with Crippen molar-refractivity contribution in [3.05, 3.63) is 66.2 Å². The summed E-state index contributed by atoms with van der Waals surface area (Å²) in [6.07, 6.45) is -15.1. The van der Waals surface area contributed by atoms with Crippen molar-refractivity contribution in [1.29, 1.82) is 0 Å². The summed E-state index contributed by atoms with van der Waals surface area (Å²) in [7, 11) is 0. The molecule has 3 aromatic carbocycles. The molecule has 294 valence electrons. The molecule has 19 nitrogen and oxygen atoms in total. The van der Waals surface area contributed by atoms with E-state index >= 15 is 0 Å². The number of phenolic OH excluding ortho intramolecular Hbond substituents is 5. The molecule has 2 aliphatic rings. The normalized spacial score (nSPS) is 28.3. The van der Waals surface area contributed by atoms with Crippen molar-refractivity contribution in [2.24, 2.45) is 0 Å². The Balaban J connectivity index is 1.31. The van der Waals surface area contributed by atoms with Crippen LogP contribution in [0.2, 0.25) is 0 Å². The van der Waals surface area contributed by atoms with Crippen molar-refractivity contribution in [2.45, 2.75) is 61.4 Å². The highest BCUT2D eigenvalue weighted by Gasteiger charge is 2.47. The molecule has 1 aromatic heterocycles. The highest BCUT2D eigenvalue weighted by atomic mass is 16.7. The van der Waals surface area contributed by atoms with Crippen LogP contribution in [0.5, 0.6) is 40.2 Å². The van der Waals surface area contributed by atoms with E-state index in [0.717, 1.165) is 30.3 Å². The van der Waals surface area contributed by atoms with Crippen molar-refractivity contribution < 1.29 is 94.2 Å². The second kappa shape index (κ2) is 16.1. The van der Waals surface area contributed by atoms with Crippen LogP contribution < -0.4 is 9.47 Å². The number of carbonyl (C=O) groups is 1. The maximum absolute atomic E-state index is 12.5. The van der Waals surface area contributed by atoms with E-state index in [2.05, 4.69) is 0 Å². The molecular formula is C36H37O19+. The van der Waals surface area contributed by atoms with E-state index in [1.807, 2.05) is 0 Å². The molecule has 5 unspecified atom stereocenters. The Labute approximate surface area is 309 Å². The molecule has 2 fully saturated rings. The van der Waals surface area contributed by atoms with Crippen molar-refractivity contribution >= 4 is 23.0 Å². The molecule has 0 saturated carbocycles. The van der Waals surface area contributed by atoms with Gasteiger partial charge >= 0.3 is 17.3 Å². The Bertz CT molecular complexity index is 2050. The molecule has 0 spiro atoms. The van der Waals surface area contributed by atoms with Gasteiger partial charge in [-0.2, -0.15) is 0 Å². The van der Waals surface area contributed by atoms with Crippen LogP contribution in [0.3, 0.4) is 0 Å². The van der Waals surface area contributed by atoms with E-state index in [4.69, 9.17) is 28.1 Å². The Morgan fingerprint density at radius 1 is 0.673 bits per heavy atom. The standard InChI is InChI=1S/C36H36O19/c37-12-25-28(44)30(46)32(48)35(54-25)52-23-10-16(38)9-22-17(23)11-24(34(51-22)15-3-5-19(40)21(42)8-15)53-36-33(49)31(47)29(45)26(55-36)13-50-27(43)6-2-14-1-4-18(39)20(41)7-14/h1-11,25-26,28-33,35-37,44-49H,12-13H2,(H4-,38,39,40,41,42,43)/p+1/t25?,26?,28-,29-,30+,31?,32?,33?,35-,36-/m1/s1. The number of carbonyl (C=O) groups excluding carboxylic acids is 1. The predicted octanol–water partition coefficient (Wildman–Crippen LogP) is -0.469. The van der Waals surface area contributed by atoms with Gasteiger partial charge in [-0.3, -0.25) is 0 Å². The van der Waals surface area contributed by atoms with E-state index in [1.54, 1.807) is 0 Å². The molecule has 2 saturated heterocycles. The van der Waals surface area contributed by atoms with Crippen LogP contribution in [-0.2, 0) is 19.0 Å². The number of aliphatic hydroxyl groups is 7. The second-order valence-electron chi connectivity index (χ2n) is 12.7. The monoisotopic (exact) mass is 773 g/mol. The zero-order chi connectivity index (χ0) is 39.7. The first-order valence-electron chi connectivity index (χ1n) is 16.5. The van der Waals surface area contributed by atoms with Crippen LogP contribution in [0.4, 0.5) is 0 Å². The third-order valence-corrected chi connectivity index (χ3v) is 8.84. The minimum Gasteiger partial charge on any atom is -0.507 e. The van der Waals surface area contributed by atoms with Crippen molar-refractivity contribution in [3.8, 4) is 51.6 Å². The van der Waals surface area contributed by atoms with Gasteiger partial charge in [0.1, 0.15) is 72.3 Å². The maximum atomic E-state index is 12.5. The summed E-state index contributed by atoms with van der Waals surface area (Å²) in [6, 6.07) is 10.8. The Hall–Kier alpha value is -5.48. The van der Waals surface area contributed by atoms with Gasteiger partial charge in [0.25, 0.3) is 0 Å². The molecule has 0 amide bonds. The number of aliphatic hydroxyl groups excluding tert-OH is 7. The molecule has 19 heteroatoms. The first-order chi connectivity index (χ1) is 26.1. The number of hydrogen-bond donors (Lipinski definition) is 12. The van der Waals surface area contributed by atoms with Crippen LogP contribution >= 0.6 is 0 Å². The minimum absolute atomic E-state index is 0.0124. The molecule has 0 bridgehead atoms. The predicted molar refractivity (Wildman–Crippen MR) is 183 cm³/mol. The quantitative estimate of drug-likeness (QED) is 0.0419. The van der Waals surface area contributed by atoms with Gasteiger partial charge in [0.05, 0.1) is 18.2 Å². The number of esters is 1. The molecule has 3 heterocycles. The topological polar surface area (TPSA) is 317 Å². The van der Waals surface area contributed by atoms with Gasteiger partial charge in [-0.1, -0.05) is 6.07 Å². The number of phenols is 5. The smallest absolute Gasteiger partial charge is 0.402 e. The van der Waals surface area contributed by atoms with Gasteiger partial charge in [-0.05, 0) is 35.9 Å². The van der Waals surface area contributed by atoms with Crippen LogP contribution in [0.25, 0.3) is 28.4 Å². The van der Waals surface area contributed by atoms with Gasteiger partial charge in [0.2, 0.25) is 18.3 Å². The molecule has 0 radical (unpaired) electrons. The third-order valence-electron chi connectivity index (χ3n) is 8.84. The van der Waals surface area contributed by atoms with E-state index < -0.39 is 104 Å². The summed E-state index contributed by atoms with van der Waals surface area (Å²) < 4.78 is 34.2.